The first kappa shape index (κ1) is 17.9. The van der Waals surface area contributed by atoms with Crippen LogP contribution in [0.25, 0.3) is 0 Å². The van der Waals surface area contributed by atoms with Crippen molar-refractivity contribution in [3.05, 3.63) is 88.0 Å². The van der Waals surface area contributed by atoms with Gasteiger partial charge in [0.2, 0.25) is 5.75 Å². The van der Waals surface area contributed by atoms with Gasteiger partial charge >= 0.3 is 5.69 Å². The second-order valence-electron chi connectivity index (χ2n) is 6.59. The summed E-state index contributed by atoms with van der Waals surface area (Å²) in [4.78, 5) is 10.8. The molecule has 3 aromatic carbocycles. The standard InChI is InChI=1S/C22H19NO5/c1-26-18-9-10-21(20(12-18)23(24)25)28-19-8-7-16-11-17(14-27-22(16)13-19)15-5-3-2-4-6-15/h2-10,12-13,17H,11,14H2,1H3. The molecule has 0 radical (unpaired) electrons. The molecule has 0 aliphatic carbocycles. The topological polar surface area (TPSA) is 70.8 Å². The lowest BCUT2D eigenvalue weighted by Crippen LogP contribution is -2.19. The van der Waals surface area contributed by atoms with E-state index < -0.39 is 4.92 Å². The van der Waals surface area contributed by atoms with Crippen molar-refractivity contribution in [3.63, 3.8) is 0 Å². The highest BCUT2D eigenvalue weighted by atomic mass is 16.6. The van der Waals surface area contributed by atoms with E-state index in [1.54, 1.807) is 12.1 Å². The monoisotopic (exact) mass is 377 g/mol. The van der Waals surface area contributed by atoms with E-state index in [1.807, 2.05) is 30.3 Å². The Morgan fingerprint density at radius 1 is 1.04 bits per heavy atom. The first-order valence-electron chi connectivity index (χ1n) is 8.95. The Morgan fingerprint density at radius 3 is 2.57 bits per heavy atom. The molecular formula is C22H19NO5. The molecule has 1 atom stereocenters. The van der Waals surface area contributed by atoms with Gasteiger partial charge in [-0.2, -0.15) is 0 Å². The van der Waals surface area contributed by atoms with Crippen molar-refractivity contribution in [1.29, 1.82) is 0 Å². The largest absolute Gasteiger partial charge is 0.496 e. The zero-order chi connectivity index (χ0) is 19.5. The van der Waals surface area contributed by atoms with Gasteiger partial charge in [-0.15, -0.1) is 0 Å². The summed E-state index contributed by atoms with van der Waals surface area (Å²) < 4.78 is 16.8. The fourth-order valence-electron chi connectivity index (χ4n) is 3.34. The third-order valence-electron chi connectivity index (χ3n) is 4.81. The lowest BCUT2D eigenvalue weighted by Gasteiger charge is -2.26. The summed E-state index contributed by atoms with van der Waals surface area (Å²) in [7, 11) is 1.46. The van der Waals surface area contributed by atoms with E-state index in [4.69, 9.17) is 14.2 Å². The molecule has 0 saturated heterocycles. The third-order valence-corrected chi connectivity index (χ3v) is 4.81. The zero-order valence-corrected chi connectivity index (χ0v) is 15.3. The minimum atomic E-state index is -0.489. The van der Waals surface area contributed by atoms with E-state index in [2.05, 4.69) is 12.1 Å². The summed E-state index contributed by atoms with van der Waals surface area (Å²) in [5, 5.41) is 11.3. The molecule has 1 aliphatic rings. The van der Waals surface area contributed by atoms with Crippen LogP contribution in [-0.2, 0) is 6.42 Å². The Kier molecular flexibility index (Phi) is 4.85. The van der Waals surface area contributed by atoms with Gasteiger partial charge in [-0.05, 0) is 35.7 Å². The van der Waals surface area contributed by atoms with Crippen LogP contribution in [0.2, 0.25) is 0 Å². The summed E-state index contributed by atoms with van der Waals surface area (Å²) in [6, 6.07) is 20.3. The summed E-state index contributed by atoms with van der Waals surface area (Å²) in [5.74, 6) is 2.11. The molecule has 0 spiro atoms. The molecule has 4 rings (SSSR count). The maximum atomic E-state index is 11.3. The molecular weight excluding hydrogens is 358 g/mol. The average Bonchev–Trinajstić information content (AvgIpc) is 2.74. The molecule has 0 amide bonds. The van der Waals surface area contributed by atoms with Crippen LogP contribution in [0.5, 0.6) is 23.0 Å². The highest BCUT2D eigenvalue weighted by Gasteiger charge is 2.23. The molecule has 0 saturated carbocycles. The fourth-order valence-corrected chi connectivity index (χ4v) is 3.34. The Bertz CT molecular complexity index is 1000. The van der Waals surface area contributed by atoms with Crippen molar-refractivity contribution >= 4 is 5.69 Å². The lowest BCUT2D eigenvalue weighted by molar-refractivity contribution is -0.385. The van der Waals surface area contributed by atoms with E-state index in [1.165, 1.54) is 24.8 Å². The summed E-state index contributed by atoms with van der Waals surface area (Å²) in [6.07, 6.45) is 0.877. The molecule has 0 N–H and O–H groups in total. The molecule has 142 valence electrons. The van der Waals surface area contributed by atoms with Gasteiger partial charge in [0.25, 0.3) is 0 Å². The van der Waals surface area contributed by atoms with Crippen LogP contribution in [0.4, 0.5) is 5.69 Å². The highest BCUT2D eigenvalue weighted by molar-refractivity contribution is 5.53. The second-order valence-corrected chi connectivity index (χ2v) is 6.59. The van der Waals surface area contributed by atoms with Crippen molar-refractivity contribution in [3.8, 4) is 23.0 Å². The molecule has 28 heavy (non-hydrogen) atoms. The van der Waals surface area contributed by atoms with Crippen molar-refractivity contribution in [1.82, 2.24) is 0 Å². The highest BCUT2D eigenvalue weighted by Crippen LogP contribution is 2.38. The van der Waals surface area contributed by atoms with E-state index >= 15 is 0 Å². The minimum Gasteiger partial charge on any atom is -0.496 e. The van der Waals surface area contributed by atoms with Gasteiger partial charge in [-0.1, -0.05) is 36.4 Å². The van der Waals surface area contributed by atoms with Crippen LogP contribution in [0, 0.1) is 10.1 Å². The number of rotatable bonds is 5. The van der Waals surface area contributed by atoms with Crippen LogP contribution in [0.3, 0.4) is 0 Å². The number of nitro groups is 1. The Hall–Kier alpha value is -3.54. The van der Waals surface area contributed by atoms with Gasteiger partial charge in [-0.3, -0.25) is 10.1 Å². The molecule has 6 heteroatoms. The predicted molar refractivity (Wildman–Crippen MR) is 105 cm³/mol. The maximum Gasteiger partial charge on any atom is 0.315 e. The second kappa shape index (κ2) is 7.60. The minimum absolute atomic E-state index is 0.151. The van der Waals surface area contributed by atoms with Crippen molar-refractivity contribution in [2.24, 2.45) is 0 Å². The van der Waals surface area contributed by atoms with E-state index in [-0.39, 0.29) is 11.4 Å². The molecule has 1 heterocycles. The SMILES string of the molecule is COc1ccc(Oc2ccc3c(c2)OCC(c2ccccc2)C3)c([N+](=O)[O-])c1. The van der Waals surface area contributed by atoms with E-state index in [0.717, 1.165) is 17.7 Å². The summed E-state index contributed by atoms with van der Waals surface area (Å²) >= 11 is 0. The third kappa shape index (κ3) is 3.62. The van der Waals surface area contributed by atoms with Gasteiger partial charge < -0.3 is 14.2 Å². The van der Waals surface area contributed by atoms with Gasteiger partial charge in [-0.25, -0.2) is 0 Å². The fraction of sp³-hybridized carbons (Fsp3) is 0.182. The molecule has 0 fully saturated rings. The zero-order valence-electron chi connectivity index (χ0n) is 15.3. The summed E-state index contributed by atoms with van der Waals surface area (Å²) in [5.41, 5.74) is 2.20. The van der Waals surface area contributed by atoms with E-state index in [9.17, 15) is 10.1 Å². The van der Waals surface area contributed by atoms with E-state index in [0.29, 0.717) is 24.0 Å². The van der Waals surface area contributed by atoms with Crippen LogP contribution in [0.1, 0.15) is 17.0 Å². The Morgan fingerprint density at radius 2 is 1.82 bits per heavy atom. The lowest BCUT2D eigenvalue weighted by atomic mass is 9.90. The van der Waals surface area contributed by atoms with Gasteiger partial charge in [0.05, 0.1) is 24.7 Å². The molecule has 0 bridgehead atoms. The quantitative estimate of drug-likeness (QED) is 0.456. The number of methoxy groups -OCH3 is 1. The number of ether oxygens (including phenoxy) is 3. The van der Waals surface area contributed by atoms with Crippen LogP contribution >= 0.6 is 0 Å². The Labute approximate surface area is 162 Å². The van der Waals surface area contributed by atoms with Gasteiger partial charge in [0.1, 0.15) is 17.2 Å². The smallest absolute Gasteiger partial charge is 0.315 e. The Balaban J connectivity index is 1.55. The molecule has 0 aromatic heterocycles. The first-order valence-corrected chi connectivity index (χ1v) is 8.95. The molecule has 6 nitrogen and oxygen atoms in total. The molecule has 3 aromatic rings. The number of hydrogen-bond donors (Lipinski definition) is 0. The normalized spacial score (nSPS) is 15.2. The van der Waals surface area contributed by atoms with Crippen LogP contribution in [-0.4, -0.2) is 18.6 Å². The predicted octanol–water partition coefficient (Wildman–Crippen LogP) is 5.11. The maximum absolute atomic E-state index is 11.3. The van der Waals surface area contributed by atoms with Crippen LogP contribution < -0.4 is 14.2 Å². The van der Waals surface area contributed by atoms with Gasteiger partial charge in [0, 0.05) is 12.0 Å². The molecule has 1 aliphatic heterocycles. The average molecular weight is 377 g/mol. The number of fused-ring (bicyclic) bond motifs is 1. The molecule has 1 unspecified atom stereocenters. The summed E-state index contributed by atoms with van der Waals surface area (Å²) in [6.45, 7) is 0.586. The number of nitrogens with zero attached hydrogens (tertiary/aromatic N) is 1. The number of benzene rings is 3. The van der Waals surface area contributed by atoms with Crippen molar-refractivity contribution < 1.29 is 19.1 Å². The number of hydrogen-bond acceptors (Lipinski definition) is 5. The number of nitro benzene ring substituents is 1. The van der Waals surface area contributed by atoms with Gasteiger partial charge in [0.15, 0.2) is 0 Å². The van der Waals surface area contributed by atoms with Crippen molar-refractivity contribution in [2.75, 3.05) is 13.7 Å². The van der Waals surface area contributed by atoms with Crippen LogP contribution in [0.15, 0.2) is 66.7 Å². The first-order chi connectivity index (χ1) is 13.6. The van der Waals surface area contributed by atoms with Crippen molar-refractivity contribution in [2.45, 2.75) is 12.3 Å².